The number of aromatic nitrogens is 5. The Hall–Kier alpha value is -2.18. The summed E-state index contributed by atoms with van der Waals surface area (Å²) in [6.07, 6.45) is 1.69. The van der Waals surface area contributed by atoms with Crippen molar-refractivity contribution in [2.24, 2.45) is 7.05 Å². The van der Waals surface area contributed by atoms with Crippen LogP contribution in [0.4, 0.5) is 11.6 Å². The summed E-state index contributed by atoms with van der Waals surface area (Å²) >= 11 is 0. The van der Waals surface area contributed by atoms with Gasteiger partial charge in [-0.3, -0.25) is 0 Å². The molecule has 21 heavy (non-hydrogen) atoms. The molecular formula is C14H23N7. The van der Waals surface area contributed by atoms with Crippen molar-refractivity contribution in [3.63, 3.8) is 0 Å². The lowest BCUT2D eigenvalue weighted by atomic mass is 10.2. The van der Waals surface area contributed by atoms with Gasteiger partial charge >= 0.3 is 0 Å². The average Bonchev–Trinajstić information content (AvgIpc) is 2.85. The third-order valence-electron chi connectivity index (χ3n) is 3.24. The molecule has 7 heteroatoms. The van der Waals surface area contributed by atoms with Crippen molar-refractivity contribution >= 4 is 11.6 Å². The van der Waals surface area contributed by atoms with Crippen LogP contribution >= 0.6 is 0 Å². The highest BCUT2D eigenvalue weighted by atomic mass is 15.3. The first kappa shape index (κ1) is 15.2. The molecule has 2 heterocycles. The van der Waals surface area contributed by atoms with E-state index in [9.17, 15) is 0 Å². The molecule has 0 spiro atoms. The first-order valence-corrected chi connectivity index (χ1v) is 7.22. The molecule has 0 amide bonds. The van der Waals surface area contributed by atoms with E-state index in [-0.39, 0.29) is 5.92 Å². The minimum Gasteiger partial charge on any atom is -0.370 e. The van der Waals surface area contributed by atoms with Crippen molar-refractivity contribution in [1.82, 2.24) is 24.7 Å². The van der Waals surface area contributed by atoms with Crippen LogP contribution in [0.3, 0.4) is 0 Å². The third-order valence-corrected chi connectivity index (χ3v) is 3.24. The van der Waals surface area contributed by atoms with Crippen LogP contribution in [0.1, 0.15) is 43.9 Å². The number of rotatable bonds is 6. The van der Waals surface area contributed by atoms with Crippen LogP contribution in [0.15, 0.2) is 6.33 Å². The predicted octanol–water partition coefficient (Wildman–Crippen LogP) is 2.08. The fourth-order valence-electron chi connectivity index (χ4n) is 1.93. The molecule has 114 valence electrons. The Morgan fingerprint density at radius 2 is 1.86 bits per heavy atom. The highest BCUT2D eigenvalue weighted by Gasteiger charge is 2.13. The monoisotopic (exact) mass is 289 g/mol. The molecule has 0 radical (unpaired) electrons. The number of nitrogens with zero attached hydrogens (tertiary/aromatic N) is 5. The largest absolute Gasteiger partial charge is 0.370 e. The molecule has 2 N–H and O–H groups in total. The summed E-state index contributed by atoms with van der Waals surface area (Å²) in [7, 11) is 1.92. The molecule has 0 aliphatic heterocycles. The first-order chi connectivity index (χ1) is 10.0. The smallest absolute Gasteiger partial charge is 0.151 e. The molecule has 0 aliphatic rings. The Labute approximate surface area is 125 Å². The van der Waals surface area contributed by atoms with Crippen LogP contribution in [0, 0.1) is 6.92 Å². The summed E-state index contributed by atoms with van der Waals surface area (Å²) in [6.45, 7) is 9.67. The molecule has 0 saturated heterocycles. The SMILES string of the molecule is CCNc1nc(C(C)C)nc(NCc2nncn2C)c1C. The first-order valence-electron chi connectivity index (χ1n) is 7.22. The third kappa shape index (κ3) is 3.48. The molecule has 7 nitrogen and oxygen atoms in total. The number of nitrogens with one attached hydrogen (secondary N) is 2. The molecule has 0 bridgehead atoms. The summed E-state index contributed by atoms with van der Waals surface area (Å²) in [4.78, 5) is 9.21. The maximum Gasteiger partial charge on any atom is 0.151 e. The molecule has 0 saturated carbocycles. The second-order valence-corrected chi connectivity index (χ2v) is 5.30. The fourth-order valence-corrected chi connectivity index (χ4v) is 1.93. The van der Waals surface area contributed by atoms with Crippen LogP contribution in [-0.4, -0.2) is 31.3 Å². The zero-order chi connectivity index (χ0) is 15.4. The van der Waals surface area contributed by atoms with Crippen molar-refractivity contribution in [2.75, 3.05) is 17.2 Å². The lowest BCUT2D eigenvalue weighted by Crippen LogP contribution is -2.13. The lowest BCUT2D eigenvalue weighted by Gasteiger charge is -2.15. The Kier molecular flexibility index (Phi) is 4.72. The van der Waals surface area contributed by atoms with Gasteiger partial charge in [0, 0.05) is 25.1 Å². The highest BCUT2D eigenvalue weighted by Crippen LogP contribution is 2.23. The van der Waals surface area contributed by atoms with Gasteiger partial charge in [-0.05, 0) is 13.8 Å². The molecule has 0 atom stereocenters. The number of hydrogen-bond donors (Lipinski definition) is 2. The number of aryl methyl sites for hydroxylation is 1. The van der Waals surface area contributed by atoms with Gasteiger partial charge in [0.25, 0.3) is 0 Å². The van der Waals surface area contributed by atoms with Crippen molar-refractivity contribution in [3.05, 3.63) is 23.5 Å². The minimum absolute atomic E-state index is 0.276. The minimum atomic E-state index is 0.276. The van der Waals surface area contributed by atoms with Crippen LogP contribution in [0.2, 0.25) is 0 Å². The molecular weight excluding hydrogens is 266 g/mol. The Morgan fingerprint density at radius 1 is 1.19 bits per heavy atom. The summed E-state index contributed by atoms with van der Waals surface area (Å²) in [5, 5.41) is 14.6. The summed E-state index contributed by atoms with van der Waals surface area (Å²) in [5.74, 6) is 3.70. The van der Waals surface area contributed by atoms with Crippen LogP contribution in [0.5, 0.6) is 0 Å². The zero-order valence-corrected chi connectivity index (χ0v) is 13.3. The van der Waals surface area contributed by atoms with Crippen LogP contribution < -0.4 is 10.6 Å². The van der Waals surface area contributed by atoms with E-state index in [0.717, 1.165) is 35.4 Å². The normalized spacial score (nSPS) is 11.0. The van der Waals surface area contributed by atoms with E-state index in [1.165, 1.54) is 0 Å². The lowest BCUT2D eigenvalue weighted by molar-refractivity contribution is 0.767. The quantitative estimate of drug-likeness (QED) is 0.847. The fraction of sp³-hybridized carbons (Fsp3) is 0.571. The van der Waals surface area contributed by atoms with Gasteiger partial charge in [0.05, 0.1) is 6.54 Å². The second-order valence-electron chi connectivity index (χ2n) is 5.30. The summed E-state index contributed by atoms with van der Waals surface area (Å²) < 4.78 is 1.89. The highest BCUT2D eigenvalue weighted by molar-refractivity contribution is 5.57. The van der Waals surface area contributed by atoms with E-state index < -0.39 is 0 Å². The van der Waals surface area contributed by atoms with Crippen LogP contribution in [-0.2, 0) is 13.6 Å². The molecule has 2 aromatic heterocycles. The number of hydrogen-bond acceptors (Lipinski definition) is 6. The molecule has 0 aromatic carbocycles. The van der Waals surface area contributed by atoms with Gasteiger partial charge in [-0.15, -0.1) is 10.2 Å². The Morgan fingerprint density at radius 3 is 2.38 bits per heavy atom. The van der Waals surface area contributed by atoms with Gasteiger partial charge < -0.3 is 15.2 Å². The Bertz CT molecular complexity index is 603. The number of anilines is 2. The van der Waals surface area contributed by atoms with Gasteiger partial charge in [0.1, 0.15) is 23.8 Å². The van der Waals surface area contributed by atoms with Gasteiger partial charge in [0.2, 0.25) is 0 Å². The standard InChI is InChI=1S/C14H23N7/c1-6-15-13-10(4)14(19-12(18-13)9(2)3)16-7-11-20-17-8-21(11)5/h8-9H,6-7H2,1-5H3,(H2,15,16,18,19). The molecule has 0 fully saturated rings. The van der Waals surface area contributed by atoms with Crippen molar-refractivity contribution in [3.8, 4) is 0 Å². The molecule has 2 aromatic rings. The van der Waals surface area contributed by atoms with Gasteiger partial charge in [-0.1, -0.05) is 13.8 Å². The topological polar surface area (TPSA) is 80.6 Å². The van der Waals surface area contributed by atoms with Crippen LogP contribution in [0.25, 0.3) is 0 Å². The van der Waals surface area contributed by atoms with E-state index in [4.69, 9.17) is 0 Å². The van der Waals surface area contributed by atoms with E-state index in [1.54, 1.807) is 6.33 Å². The summed E-state index contributed by atoms with van der Waals surface area (Å²) in [6, 6.07) is 0. The zero-order valence-electron chi connectivity index (χ0n) is 13.3. The van der Waals surface area contributed by atoms with E-state index in [2.05, 4.69) is 51.6 Å². The van der Waals surface area contributed by atoms with E-state index >= 15 is 0 Å². The second kappa shape index (κ2) is 6.51. The van der Waals surface area contributed by atoms with Crippen molar-refractivity contribution in [1.29, 1.82) is 0 Å². The average molecular weight is 289 g/mol. The van der Waals surface area contributed by atoms with Gasteiger partial charge in [-0.2, -0.15) is 0 Å². The van der Waals surface area contributed by atoms with Gasteiger partial charge in [0.15, 0.2) is 5.82 Å². The maximum absolute atomic E-state index is 4.62. The van der Waals surface area contributed by atoms with E-state index in [0.29, 0.717) is 6.54 Å². The van der Waals surface area contributed by atoms with Gasteiger partial charge in [-0.25, -0.2) is 9.97 Å². The van der Waals surface area contributed by atoms with Crippen molar-refractivity contribution < 1.29 is 0 Å². The Balaban J connectivity index is 2.26. The predicted molar refractivity (Wildman–Crippen MR) is 83.4 cm³/mol. The van der Waals surface area contributed by atoms with E-state index in [1.807, 2.05) is 18.5 Å². The molecule has 2 rings (SSSR count). The maximum atomic E-state index is 4.62. The molecule has 0 unspecified atom stereocenters. The summed E-state index contributed by atoms with van der Waals surface area (Å²) in [5.41, 5.74) is 1.02. The molecule has 0 aliphatic carbocycles. The van der Waals surface area contributed by atoms with Crippen molar-refractivity contribution in [2.45, 2.75) is 40.2 Å².